The van der Waals surface area contributed by atoms with Crippen LogP contribution in [0, 0.1) is 0 Å². The Kier molecular flexibility index (Phi) is 7.30. The molecule has 1 aromatic rings. The minimum atomic E-state index is -2.24. The summed E-state index contributed by atoms with van der Waals surface area (Å²) >= 11 is 3.46. The maximum absolute atomic E-state index is 10.7. The first-order valence-electron chi connectivity index (χ1n) is 4.03. The van der Waals surface area contributed by atoms with Gasteiger partial charge in [-0.1, -0.05) is 31.0 Å². The number of rotatable bonds is 3. The Balaban J connectivity index is 0.00000169. The second-order valence-electron chi connectivity index (χ2n) is 2.75. The zero-order valence-electron chi connectivity index (χ0n) is 8.25. The molecule has 0 bridgehead atoms. The fourth-order valence-corrected chi connectivity index (χ4v) is 1.90. The van der Waals surface area contributed by atoms with E-state index in [2.05, 4.69) is 0 Å². The van der Waals surface area contributed by atoms with Crippen LogP contribution >= 0.6 is 11.6 Å². The third-order valence-corrected chi connectivity index (χ3v) is 2.85. The molecule has 0 saturated heterocycles. The van der Waals surface area contributed by atoms with Crippen LogP contribution in [-0.2, 0) is 17.5 Å². The molecule has 1 aromatic carbocycles. The predicted octanol–water partition coefficient (Wildman–Crippen LogP) is -0.465. The van der Waals surface area contributed by atoms with E-state index in [0.717, 1.165) is 18.4 Å². The first-order chi connectivity index (χ1) is 6.15. The summed E-state index contributed by atoms with van der Waals surface area (Å²) in [5, 5.41) is 0.285. The first kappa shape index (κ1) is 14.6. The Hall–Kier alpha value is 0.620. The van der Waals surface area contributed by atoms with Crippen LogP contribution in [0.4, 0.5) is 0 Å². The molecule has 0 N–H and O–H groups in total. The van der Waals surface area contributed by atoms with Crippen LogP contribution in [0.15, 0.2) is 23.1 Å². The van der Waals surface area contributed by atoms with Gasteiger partial charge in [-0.15, -0.1) is 0 Å². The Labute approximate surface area is 114 Å². The van der Waals surface area contributed by atoms with E-state index in [-0.39, 0.29) is 39.5 Å². The van der Waals surface area contributed by atoms with Gasteiger partial charge in [0.05, 0.1) is 5.02 Å². The van der Waals surface area contributed by atoms with Crippen molar-refractivity contribution in [3.8, 4) is 0 Å². The Morgan fingerprint density at radius 3 is 2.64 bits per heavy atom. The normalized spacial score (nSPS) is 11.9. The van der Waals surface area contributed by atoms with Gasteiger partial charge in [-0.25, -0.2) is 0 Å². The predicted molar refractivity (Wildman–Crippen MR) is 52.6 cm³/mol. The van der Waals surface area contributed by atoms with Crippen LogP contribution in [-0.4, -0.2) is 8.76 Å². The molecule has 0 fully saturated rings. The molecule has 0 radical (unpaired) electrons. The molecular formula is C9H10ClNaO2S. The molecule has 0 heterocycles. The van der Waals surface area contributed by atoms with E-state index >= 15 is 0 Å². The molecule has 1 atom stereocenters. The standard InChI is InChI=1S/C9H11ClO2S.Na/c1-2-3-7-4-5-8(10)9(6-7)13(11)12;/h4-6H,2-3H2,1H3,(H,11,12);/q;+1/p-1. The molecule has 0 amide bonds. The fraction of sp³-hybridized carbons (Fsp3) is 0.333. The SMILES string of the molecule is CCCc1ccc(Cl)c(S(=O)[O-])c1.[Na+]. The molecule has 0 aliphatic carbocycles. The van der Waals surface area contributed by atoms with Gasteiger partial charge < -0.3 is 4.55 Å². The van der Waals surface area contributed by atoms with Gasteiger partial charge in [0, 0.05) is 4.90 Å². The van der Waals surface area contributed by atoms with E-state index in [0.29, 0.717) is 0 Å². The number of hydrogen-bond donors (Lipinski definition) is 0. The third kappa shape index (κ3) is 4.01. The van der Waals surface area contributed by atoms with Gasteiger partial charge >= 0.3 is 29.6 Å². The number of benzene rings is 1. The summed E-state index contributed by atoms with van der Waals surface area (Å²) < 4.78 is 21.4. The fourth-order valence-electron chi connectivity index (χ4n) is 1.12. The van der Waals surface area contributed by atoms with Crippen molar-refractivity contribution in [1.29, 1.82) is 0 Å². The molecule has 14 heavy (non-hydrogen) atoms. The average Bonchev–Trinajstić information content (AvgIpc) is 2.08. The maximum atomic E-state index is 10.7. The van der Waals surface area contributed by atoms with Gasteiger partial charge in [0.25, 0.3) is 0 Å². The minimum Gasteiger partial charge on any atom is -0.768 e. The van der Waals surface area contributed by atoms with E-state index in [1.54, 1.807) is 12.1 Å². The molecule has 72 valence electrons. The van der Waals surface area contributed by atoms with Crippen molar-refractivity contribution in [3.63, 3.8) is 0 Å². The van der Waals surface area contributed by atoms with Crippen molar-refractivity contribution >= 4 is 22.7 Å². The molecule has 0 spiro atoms. The summed E-state index contributed by atoms with van der Waals surface area (Å²) in [4.78, 5) is 0.188. The van der Waals surface area contributed by atoms with Crippen molar-refractivity contribution in [3.05, 3.63) is 28.8 Å². The largest absolute Gasteiger partial charge is 1.00 e. The van der Waals surface area contributed by atoms with Crippen molar-refractivity contribution < 1.29 is 38.3 Å². The monoisotopic (exact) mass is 240 g/mol. The first-order valence-corrected chi connectivity index (χ1v) is 5.48. The molecule has 0 saturated carbocycles. The third-order valence-electron chi connectivity index (χ3n) is 1.71. The molecule has 5 heteroatoms. The molecule has 1 unspecified atom stereocenters. The van der Waals surface area contributed by atoms with Gasteiger partial charge in [0.15, 0.2) is 0 Å². The van der Waals surface area contributed by atoms with Gasteiger partial charge in [-0.05, 0) is 35.2 Å². The smallest absolute Gasteiger partial charge is 0.768 e. The van der Waals surface area contributed by atoms with Crippen LogP contribution < -0.4 is 29.6 Å². The number of hydrogen-bond acceptors (Lipinski definition) is 2. The van der Waals surface area contributed by atoms with E-state index < -0.39 is 11.1 Å². The van der Waals surface area contributed by atoms with Crippen LogP contribution in [0.3, 0.4) is 0 Å². The summed E-state index contributed by atoms with van der Waals surface area (Å²) in [6, 6.07) is 5.09. The van der Waals surface area contributed by atoms with Crippen molar-refractivity contribution in [2.24, 2.45) is 0 Å². The van der Waals surface area contributed by atoms with E-state index in [9.17, 15) is 8.76 Å². The van der Waals surface area contributed by atoms with Gasteiger partial charge in [-0.3, -0.25) is 4.21 Å². The summed E-state index contributed by atoms with van der Waals surface area (Å²) in [5.74, 6) is 0. The van der Waals surface area contributed by atoms with E-state index in [4.69, 9.17) is 11.6 Å². The topological polar surface area (TPSA) is 40.1 Å². The summed E-state index contributed by atoms with van der Waals surface area (Å²) in [6.45, 7) is 2.04. The second kappa shape index (κ2) is 6.99. The molecule has 0 aliphatic rings. The summed E-state index contributed by atoms with van der Waals surface area (Å²) in [7, 11) is 0. The Morgan fingerprint density at radius 1 is 1.50 bits per heavy atom. The zero-order chi connectivity index (χ0) is 9.84. The number of aryl methyl sites for hydroxylation is 1. The Bertz CT molecular complexity index is 331. The molecule has 1 rings (SSSR count). The Morgan fingerprint density at radius 2 is 2.14 bits per heavy atom. The minimum absolute atomic E-state index is 0. The van der Waals surface area contributed by atoms with E-state index in [1.807, 2.05) is 13.0 Å². The zero-order valence-corrected chi connectivity index (χ0v) is 11.8. The van der Waals surface area contributed by atoms with E-state index in [1.165, 1.54) is 0 Å². The molecule has 0 aliphatic heterocycles. The van der Waals surface area contributed by atoms with Crippen LogP contribution in [0.25, 0.3) is 0 Å². The number of halogens is 1. The maximum Gasteiger partial charge on any atom is 1.00 e. The van der Waals surface area contributed by atoms with Crippen molar-refractivity contribution in [2.75, 3.05) is 0 Å². The van der Waals surface area contributed by atoms with Gasteiger partial charge in [0.2, 0.25) is 0 Å². The molecule has 2 nitrogen and oxygen atoms in total. The second-order valence-corrected chi connectivity index (χ2v) is 4.07. The summed E-state index contributed by atoms with van der Waals surface area (Å²) in [5.41, 5.74) is 1.01. The van der Waals surface area contributed by atoms with Gasteiger partial charge in [-0.2, -0.15) is 0 Å². The van der Waals surface area contributed by atoms with Gasteiger partial charge in [0.1, 0.15) is 0 Å². The summed E-state index contributed by atoms with van der Waals surface area (Å²) in [6.07, 6.45) is 1.87. The molecular weight excluding hydrogens is 231 g/mol. The average molecular weight is 241 g/mol. The van der Waals surface area contributed by atoms with Crippen molar-refractivity contribution in [1.82, 2.24) is 0 Å². The quantitative estimate of drug-likeness (QED) is 0.530. The van der Waals surface area contributed by atoms with Crippen LogP contribution in [0.1, 0.15) is 18.9 Å². The molecule has 0 aromatic heterocycles. The van der Waals surface area contributed by atoms with Crippen LogP contribution in [0.2, 0.25) is 5.02 Å². The van der Waals surface area contributed by atoms with Crippen molar-refractivity contribution in [2.45, 2.75) is 24.7 Å². The van der Waals surface area contributed by atoms with Crippen LogP contribution in [0.5, 0.6) is 0 Å².